The number of rotatable bonds is 7. The highest BCUT2D eigenvalue weighted by molar-refractivity contribution is 5.94. The van der Waals surface area contributed by atoms with Crippen LogP contribution in [0.4, 0.5) is 4.39 Å². The van der Waals surface area contributed by atoms with E-state index < -0.39 is 22.8 Å². The Hall–Kier alpha value is -3.53. The number of benzene rings is 1. The van der Waals surface area contributed by atoms with Crippen molar-refractivity contribution in [3.63, 3.8) is 0 Å². The van der Waals surface area contributed by atoms with Crippen LogP contribution in [-0.4, -0.2) is 51.1 Å². The van der Waals surface area contributed by atoms with Crippen molar-refractivity contribution >= 4 is 11.8 Å². The summed E-state index contributed by atoms with van der Waals surface area (Å²) in [5.41, 5.74) is -1.14. The predicted octanol–water partition coefficient (Wildman–Crippen LogP) is 2.15. The fourth-order valence-electron chi connectivity index (χ4n) is 3.72. The van der Waals surface area contributed by atoms with Gasteiger partial charge in [0.15, 0.2) is 5.69 Å². The molecule has 1 aliphatic rings. The lowest BCUT2D eigenvalue weighted by atomic mass is 9.98. The molecule has 9 nitrogen and oxygen atoms in total. The maximum absolute atomic E-state index is 13.1. The molecule has 0 spiro atoms. The lowest BCUT2D eigenvalue weighted by molar-refractivity contribution is 0.0823. The van der Waals surface area contributed by atoms with Gasteiger partial charge in [-0.25, -0.2) is 14.4 Å². The Morgan fingerprint density at radius 1 is 1.36 bits per heavy atom. The van der Waals surface area contributed by atoms with Gasteiger partial charge in [0.25, 0.3) is 11.5 Å². The van der Waals surface area contributed by atoms with Gasteiger partial charge in [0.1, 0.15) is 11.6 Å². The van der Waals surface area contributed by atoms with Crippen LogP contribution in [0.3, 0.4) is 0 Å². The first-order valence-electron chi connectivity index (χ1n) is 10.6. The summed E-state index contributed by atoms with van der Waals surface area (Å²) >= 11 is 0. The summed E-state index contributed by atoms with van der Waals surface area (Å²) < 4.78 is 20.0. The Balaban J connectivity index is 1.89. The fraction of sp³-hybridized carbons (Fsp3) is 0.391. The second-order valence-electron chi connectivity index (χ2n) is 8.02. The molecule has 2 aromatic rings. The van der Waals surface area contributed by atoms with Crippen LogP contribution in [0, 0.1) is 5.82 Å². The van der Waals surface area contributed by atoms with Gasteiger partial charge >= 0.3 is 0 Å². The van der Waals surface area contributed by atoms with Crippen LogP contribution < -0.4 is 10.9 Å². The molecule has 0 saturated carbocycles. The molecule has 0 unspecified atom stereocenters. The first kappa shape index (κ1) is 24.1. The Morgan fingerprint density at radius 3 is 2.70 bits per heavy atom. The normalized spacial score (nSPS) is 15.6. The molecule has 3 rings (SSSR count). The molecule has 0 radical (unpaired) electrons. The number of ether oxygens (including phenoxy) is 1. The average Bonchev–Trinajstić information content (AvgIpc) is 2.77. The van der Waals surface area contributed by atoms with Gasteiger partial charge in [-0.3, -0.25) is 19.1 Å². The van der Waals surface area contributed by atoms with E-state index in [1.54, 1.807) is 0 Å². The molecule has 0 saturated heterocycles. The van der Waals surface area contributed by atoms with Crippen molar-refractivity contribution in [2.45, 2.75) is 39.4 Å². The molecule has 0 aliphatic carbocycles. The highest BCUT2D eigenvalue weighted by Crippen LogP contribution is 2.30. The third-order valence-electron chi connectivity index (χ3n) is 5.53. The molecular formula is C23H28FN5O4. The molecule has 176 valence electrons. The van der Waals surface area contributed by atoms with Crippen molar-refractivity contribution in [1.29, 1.82) is 0 Å². The fourth-order valence-corrected chi connectivity index (χ4v) is 3.72. The second kappa shape index (κ2) is 9.95. The zero-order valence-electron chi connectivity index (χ0n) is 19.0. The first-order chi connectivity index (χ1) is 15.7. The van der Waals surface area contributed by atoms with Crippen LogP contribution in [0.2, 0.25) is 0 Å². The third kappa shape index (κ3) is 5.11. The molecule has 0 bridgehead atoms. The average molecular weight is 458 g/mol. The molecule has 0 atom stereocenters. The lowest BCUT2D eigenvalue weighted by Crippen LogP contribution is -2.54. The molecule has 1 aliphatic heterocycles. The number of nitrogens with one attached hydrogen (secondary N) is 1. The maximum Gasteiger partial charge on any atom is 0.296 e. The van der Waals surface area contributed by atoms with Gasteiger partial charge in [0.2, 0.25) is 11.6 Å². The van der Waals surface area contributed by atoms with Gasteiger partial charge < -0.3 is 15.2 Å². The van der Waals surface area contributed by atoms with Gasteiger partial charge in [-0.15, -0.1) is 0 Å². The van der Waals surface area contributed by atoms with Crippen LogP contribution in [0.25, 0.3) is 0 Å². The van der Waals surface area contributed by atoms with Gasteiger partial charge in [-0.05, 0) is 38.5 Å². The monoisotopic (exact) mass is 457 g/mol. The van der Waals surface area contributed by atoms with E-state index in [0.29, 0.717) is 37.0 Å². The number of nitrogens with zero attached hydrogens (tertiary/aromatic N) is 4. The van der Waals surface area contributed by atoms with E-state index in [2.05, 4.69) is 21.9 Å². The van der Waals surface area contributed by atoms with E-state index in [-0.39, 0.29) is 24.6 Å². The summed E-state index contributed by atoms with van der Waals surface area (Å²) in [4.78, 5) is 36.2. The van der Waals surface area contributed by atoms with Crippen LogP contribution in [0.5, 0.6) is 5.75 Å². The summed E-state index contributed by atoms with van der Waals surface area (Å²) in [6.45, 7) is 10.9. The zero-order chi connectivity index (χ0) is 24.2. The van der Waals surface area contributed by atoms with E-state index in [9.17, 15) is 19.1 Å². The van der Waals surface area contributed by atoms with Gasteiger partial charge in [-0.2, -0.15) is 0 Å². The van der Waals surface area contributed by atoms with Crippen molar-refractivity contribution in [2.75, 3.05) is 19.7 Å². The summed E-state index contributed by atoms with van der Waals surface area (Å²) in [6.07, 6.45) is 1.40. The zero-order valence-corrected chi connectivity index (χ0v) is 19.0. The topological polar surface area (TPSA) is 109 Å². The maximum atomic E-state index is 13.1. The first-order valence-corrected chi connectivity index (χ1v) is 10.6. The van der Waals surface area contributed by atoms with Gasteiger partial charge in [0.05, 0.1) is 18.7 Å². The molecule has 2 heterocycles. The van der Waals surface area contributed by atoms with E-state index in [4.69, 9.17) is 4.74 Å². The number of aromatic hydroxyl groups is 1. The Morgan fingerprint density at radius 2 is 2.06 bits per heavy atom. The Labute approximate surface area is 191 Å². The summed E-state index contributed by atoms with van der Waals surface area (Å²) in [5, 5.41) is 13.0. The minimum absolute atomic E-state index is 0.0872. The molecular weight excluding hydrogens is 429 g/mol. The lowest BCUT2D eigenvalue weighted by Gasteiger charge is -2.43. The van der Waals surface area contributed by atoms with Crippen molar-refractivity contribution in [2.24, 2.45) is 4.99 Å². The van der Waals surface area contributed by atoms with Crippen LogP contribution in [0.1, 0.15) is 42.6 Å². The van der Waals surface area contributed by atoms with E-state index >= 15 is 0 Å². The smallest absolute Gasteiger partial charge is 0.296 e. The van der Waals surface area contributed by atoms with Gasteiger partial charge in [0, 0.05) is 25.8 Å². The number of halogens is 1. The molecule has 1 amide bonds. The summed E-state index contributed by atoms with van der Waals surface area (Å²) in [6, 6.07) is 5.64. The Kier molecular flexibility index (Phi) is 7.27. The minimum atomic E-state index is -0.768. The minimum Gasteiger partial charge on any atom is -0.501 e. The molecule has 2 N–H and O–H groups in total. The summed E-state index contributed by atoms with van der Waals surface area (Å²) in [7, 11) is 0. The van der Waals surface area contributed by atoms with E-state index in [0.717, 1.165) is 0 Å². The number of hydrogen-bond donors (Lipinski definition) is 2. The van der Waals surface area contributed by atoms with E-state index in [1.165, 1.54) is 35.0 Å². The van der Waals surface area contributed by atoms with Crippen molar-refractivity contribution in [1.82, 2.24) is 19.8 Å². The van der Waals surface area contributed by atoms with Crippen molar-refractivity contribution < 1.29 is 19.0 Å². The molecule has 1 aromatic carbocycles. The second-order valence-corrected chi connectivity index (χ2v) is 8.02. The number of hydrogen-bond acceptors (Lipinski definition) is 7. The van der Waals surface area contributed by atoms with Crippen molar-refractivity contribution in [3.8, 4) is 5.75 Å². The number of carbonyl (C=O) groups excluding carboxylic acids is 1. The molecule has 33 heavy (non-hydrogen) atoms. The van der Waals surface area contributed by atoms with Crippen molar-refractivity contribution in [3.05, 3.63) is 70.3 Å². The van der Waals surface area contributed by atoms with E-state index in [1.807, 2.05) is 25.7 Å². The highest BCUT2D eigenvalue weighted by atomic mass is 19.1. The quantitative estimate of drug-likeness (QED) is 0.487. The highest BCUT2D eigenvalue weighted by Gasteiger charge is 2.39. The van der Waals surface area contributed by atoms with Crippen LogP contribution >= 0.6 is 0 Å². The number of carbonyl (C=O) groups is 1. The number of fused-ring (bicyclic) bond motifs is 1. The number of aromatic nitrogens is 2. The molecule has 1 aromatic heterocycles. The molecule has 10 heteroatoms. The third-order valence-corrected chi connectivity index (χ3v) is 5.53. The molecule has 0 fully saturated rings. The van der Waals surface area contributed by atoms with Crippen LogP contribution in [-0.2, 0) is 23.4 Å². The van der Waals surface area contributed by atoms with Gasteiger partial charge in [-0.1, -0.05) is 18.7 Å². The Bertz CT molecular complexity index is 1120. The summed E-state index contributed by atoms with van der Waals surface area (Å²) in [5.74, 6) is -0.967. The standard InChI is InChI=1S/C23H28FN5O4/c1-5-25-17(33-6-2)14-28-11-12-29-21(32)19(30)18(27-22(29)23(28,3)4)20(31)26-13-15-7-9-16(24)10-8-15/h5,7-10,30H,1,6,11-14H2,2-4H3,(H,26,31). The van der Waals surface area contributed by atoms with Crippen LogP contribution in [0.15, 0.2) is 46.8 Å². The predicted molar refractivity (Wildman–Crippen MR) is 122 cm³/mol. The number of aliphatic imine (C=N–C) groups is 1. The number of amides is 1. The SMILES string of the molecule is C=CN=C(CN1CCn2c(nc(C(=O)NCc3ccc(F)cc3)c(O)c2=O)C1(C)C)OCC. The largest absolute Gasteiger partial charge is 0.501 e.